The van der Waals surface area contributed by atoms with Gasteiger partial charge in [0.05, 0.1) is 11.0 Å². The first-order chi connectivity index (χ1) is 10.8. The minimum absolute atomic E-state index is 0.0694. The van der Waals surface area contributed by atoms with E-state index in [-0.39, 0.29) is 11.3 Å². The van der Waals surface area contributed by atoms with Crippen molar-refractivity contribution in [3.63, 3.8) is 0 Å². The summed E-state index contributed by atoms with van der Waals surface area (Å²) in [5, 5.41) is 3.22. The number of fused-ring (bicyclic) bond motifs is 1. The Bertz CT molecular complexity index is 860. The van der Waals surface area contributed by atoms with E-state index in [0.29, 0.717) is 16.5 Å². The Labute approximate surface area is 139 Å². The van der Waals surface area contributed by atoms with Crippen molar-refractivity contribution in [3.8, 4) is 0 Å². The molecule has 3 aromatic rings. The van der Waals surface area contributed by atoms with Crippen molar-refractivity contribution in [1.82, 2.24) is 9.97 Å². The molecule has 1 amide bonds. The number of carbonyl (C=O) groups excluding carboxylic acids is 1. The first-order valence-electron chi connectivity index (χ1n) is 7.40. The number of nitrogens with zero attached hydrogens (tertiary/aromatic N) is 1. The van der Waals surface area contributed by atoms with Crippen LogP contribution in [0.2, 0.25) is 5.28 Å². The molecule has 0 aliphatic carbocycles. The standard InChI is InChI=1S/C18H18ClN3O/c1-18(2,3)12-6-4-11(5-7-12)16(23)20-13-8-9-14-15(10-13)22-17(19)21-14/h4-10H,1-3H3,(H,20,23)(H,21,22). The quantitative estimate of drug-likeness (QED) is 0.712. The summed E-state index contributed by atoms with van der Waals surface area (Å²) in [7, 11) is 0. The maximum absolute atomic E-state index is 12.4. The van der Waals surface area contributed by atoms with Crippen LogP contribution in [-0.2, 0) is 5.41 Å². The fourth-order valence-corrected chi connectivity index (χ4v) is 2.57. The molecule has 1 heterocycles. The number of nitrogens with one attached hydrogen (secondary N) is 2. The van der Waals surface area contributed by atoms with Crippen LogP contribution in [0, 0.1) is 0 Å². The van der Waals surface area contributed by atoms with Crippen LogP contribution in [0.5, 0.6) is 0 Å². The third kappa shape index (κ3) is 3.37. The average Bonchev–Trinajstić information content (AvgIpc) is 2.86. The van der Waals surface area contributed by atoms with Crippen LogP contribution in [0.3, 0.4) is 0 Å². The second-order valence-electron chi connectivity index (χ2n) is 6.54. The van der Waals surface area contributed by atoms with Crippen molar-refractivity contribution >= 4 is 34.2 Å². The van der Waals surface area contributed by atoms with E-state index in [0.717, 1.165) is 11.0 Å². The van der Waals surface area contributed by atoms with E-state index >= 15 is 0 Å². The van der Waals surface area contributed by atoms with E-state index in [4.69, 9.17) is 11.6 Å². The number of carbonyl (C=O) groups is 1. The summed E-state index contributed by atoms with van der Waals surface area (Å²) < 4.78 is 0. The Morgan fingerprint density at radius 3 is 2.48 bits per heavy atom. The third-order valence-electron chi connectivity index (χ3n) is 3.72. The summed E-state index contributed by atoms with van der Waals surface area (Å²) in [6, 6.07) is 13.1. The van der Waals surface area contributed by atoms with Gasteiger partial charge in [0.1, 0.15) is 0 Å². The summed E-state index contributed by atoms with van der Waals surface area (Å²) >= 11 is 5.83. The first kappa shape index (κ1) is 15.6. The lowest BCUT2D eigenvalue weighted by Gasteiger charge is -2.19. The normalized spacial score (nSPS) is 11.7. The molecule has 0 saturated heterocycles. The molecule has 5 heteroatoms. The molecule has 0 spiro atoms. The van der Waals surface area contributed by atoms with Gasteiger partial charge in [0.25, 0.3) is 5.91 Å². The molecule has 0 fully saturated rings. The molecule has 0 aliphatic heterocycles. The third-order valence-corrected chi connectivity index (χ3v) is 3.90. The highest BCUT2D eigenvalue weighted by Crippen LogP contribution is 2.23. The number of H-pyrrole nitrogens is 1. The molecule has 0 aliphatic rings. The van der Waals surface area contributed by atoms with E-state index < -0.39 is 0 Å². The van der Waals surface area contributed by atoms with Gasteiger partial charge < -0.3 is 10.3 Å². The zero-order chi connectivity index (χ0) is 16.6. The molecule has 118 valence electrons. The van der Waals surface area contributed by atoms with Crippen LogP contribution in [0.25, 0.3) is 11.0 Å². The maximum atomic E-state index is 12.4. The molecule has 23 heavy (non-hydrogen) atoms. The molecular formula is C18H18ClN3O. The lowest BCUT2D eigenvalue weighted by Crippen LogP contribution is -2.14. The first-order valence-corrected chi connectivity index (χ1v) is 7.78. The zero-order valence-corrected chi connectivity index (χ0v) is 14.0. The molecule has 2 N–H and O–H groups in total. The number of amides is 1. The highest BCUT2D eigenvalue weighted by atomic mass is 35.5. The van der Waals surface area contributed by atoms with Crippen molar-refractivity contribution in [2.24, 2.45) is 0 Å². The summed E-state index contributed by atoms with van der Waals surface area (Å²) in [6.07, 6.45) is 0. The van der Waals surface area contributed by atoms with Crippen molar-refractivity contribution < 1.29 is 4.79 Å². The second kappa shape index (κ2) is 5.70. The molecule has 3 rings (SSSR count). The van der Waals surface area contributed by atoms with Gasteiger partial charge in [-0.25, -0.2) is 4.98 Å². The molecule has 0 atom stereocenters. The van der Waals surface area contributed by atoms with Gasteiger partial charge in [-0.1, -0.05) is 32.9 Å². The van der Waals surface area contributed by atoms with Crippen LogP contribution in [-0.4, -0.2) is 15.9 Å². The summed E-state index contributed by atoms with van der Waals surface area (Å²) in [5.74, 6) is -0.143. The number of benzene rings is 2. The van der Waals surface area contributed by atoms with Crippen LogP contribution in [0.4, 0.5) is 5.69 Å². The van der Waals surface area contributed by atoms with Gasteiger partial charge >= 0.3 is 0 Å². The monoisotopic (exact) mass is 327 g/mol. The molecule has 4 nitrogen and oxygen atoms in total. The predicted molar refractivity (Wildman–Crippen MR) is 94.2 cm³/mol. The smallest absolute Gasteiger partial charge is 0.255 e. The number of aromatic nitrogens is 2. The maximum Gasteiger partial charge on any atom is 0.255 e. The van der Waals surface area contributed by atoms with Gasteiger partial charge in [-0.15, -0.1) is 0 Å². The Morgan fingerprint density at radius 1 is 1.13 bits per heavy atom. The fourth-order valence-electron chi connectivity index (χ4n) is 2.38. The lowest BCUT2D eigenvalue weighted by molar-refractivity contribution is 0.102. The Balaban J connectivity index is 1.79. The Kier molecular flexibility index (Phi) is 3.86. The van der Waals surface area contributed by atoms with E-state index in [1.807, 2.05) is 36.4 Å². The van der Waals surface area contributed by atoms with Gasteiger partial charge in [-0.2, -0.15) is 0 Å². The predicted octanol–water partition coefficient (Wildman–Crippen LogP) is 4.77. The van der Waals surface area contributed by atoms with Crippen LogP contribution >= 0.6 is 11.6 Å². The van der Waals surface area contributed by atoms with Gasteiger partial charge in [0, 0.05) is 11.3 Å². The molecule has 2 aromatic carbocycles. The molecule has 0 unspecified atom stereocenters. The summed E-state index contributed by atoms with van der Waals surface area (Å²) in [4.78, 5) is 19.4. The molecule has 0 radical (unpaired) electrons. The van der Waals surface area contributed by atoms with Crippen molar-refractivity contribution in [1.29, 1.82) is 0 Å². The topological polar surface area (TPSA) is 57.8 Å². The number of imidazole rings is 1. The van der Waals surface area contributed by atoms with Crippen LogP contribution in [0.1, 0.15) is 36.7 Å². The Morgan fingerprint density at radius 2 is 1.83 bits per heavy atom. The van der Waals surface area contributed by atoms with E-state index in [2.05, 4.69) is 36.1 Å². The number of hydrogen-bond acceptors (Lipinski definition) is 2. The average molecular weight is 328 g/mol. The fraction of sp³-hybridized carbons (Fsp3) is 0.222. The van der Waals surface area contributed by atoms with Gasteiger partial charge in [-0.05, 0) is 52.9 Å². The van der Waals surface area contributed by atoms with E-state index in [9.17, 15) is 4.79 Å². The van der Waals surface area contributed by atoms with Crippen molar-refractivity contribution in [2.45, 2.75) is 26.2 Å². The lowest BCUT2D eigenvalue weighted by atomic mass is 9.87. The summed E-state index contributed by atoms with van der Waals surface area (Å²) in [5.41, 5.74) is 4.14. The van der Waals surface area contributed by atoms with E-state index in [1.165, 1.54) is 5.56 Å². The minimum atomic E-state index is -0.143. The van der Waals surface area contributed by atoms with Crippen LogP contribution < -0.4 is 5.32 Å². The SMILES string of the molecule is CC(C)(C)c1ccc(C(=O)Nc2ccc3nc(Cl)[nH]c3c2)cc1. The number of aromatic amines is 1. The highest BCUT2D eigenvalue weighted by Gasteiger charge is 2.14. The van der Waals surface area contributed by atoms with Gasteiger partial charge in [0.15, 0.2) is 0 Å². The van der Waals surface area contributed by atoms with Crippen molar-refractivity contribution in [3.05, 3.63) is 58.9 Å². The largest absolute Gasteiger partial charge is 0.329 e. The molecular weight excluding hydrogens is 310 g/mol. The minimum Gasteiger partial charge on any atom is -0.329 e. The number of rotatable bonds is 2. The van der Waals surface area contributed by atoms with Gasteiger partial charge in [-0.3, -0.25) is 4.79 Å². The summed E-state index contributed by atoms with van der Waals surface area (Å²) in [6.45, 7) is 6.44. The second-order valence-corrected chi connectivity index (χ2v) is 6.90. The van der Waals surface area contributed by atoms with Gasteiger partial charge in [0.2, 0.25) is 5.28 Å². The highest BCUT2D eigenvalue weighted by molar-refractivity contribution is 6.29. The zero-order valence-electron chi connectivity index (χ0n) is 13.3. The molecule has 0 saturated carbocycles. The number of hydrogen-bond donors (Lipinski definition) is 2. The molecule has 0 bridgehead atoms. The van der Waals surface area contributed by atoms with Crippen molar-refractivity contribution in [2.75, 3.05) is 5.32 Å². The number of halogens is 1. The van der Waals surface area contributed by atoms with E-state index in [1.54, 1.807) is 6.07 Å². The number of anilines is 1. The Hall–Kier alpha value is -2.33. The van der Waals surface area contributed by atoms with Crippen LogP contribution in [0.15, 0.2) is 42.5 Å². The molecule has 1 aromatic heterocycles.